The van der Waals surface area contributed by atoms with Crippen molar-refractivity contribution in [2.45, 2.75) is 6.92 Å². The van der Waals surface area contributed by atoms with E-state index in [4.69, 9.17) is 16.7 Å². The highest BCUT2D eigenvalue weighted by Crippen LogP contribution is 2.33. The third kappa shape index (κ3) is 7.73. The van der Waals surface area contributed by atoms with Gasteiger partial charge in [0.1, 0.15) is 0 Å². The lowest BCUT2D eigenvalue weighted by Gasteiger charge is -2.23. The maximum Gasteiger partial charge on any atom is 0.338 e. The van der Waals surface area contributed by atoms with Crippen LogP contribution < -0.4 is 9.80 Å². The Kier molecular flexibility index (Phi) is 9.83. The van der Waals surface area contributed by atoms with Crippen molar-refractivity contribution < 1.29 is 14.7 Å². The number of carbonyl (C=O) groups excluding carboxylic acids is 1. The number of halogens is 1. The molecule has 0 spiro atoms. The number of nitrogens with zero attached hydrogens (tertiary/aromatic N) is 6. The van der Waals surface area contributed by atoms with Gasteiger partial charge >= 0.3 is 5.97 Å². The molecule has 2 aromatic heterocycles. The second-order valence-electron chi connectivity index (χ2n) is 9.56. The van der Waals surface area contributed by atoms with E-state index in [1.54, 1.807) is 0 Å². The first-order valence-corrected chi connectivity index (χ1v) is 14.2. The zero-order valence-corrected chi connectivity index (χ0v) is 24.9. The van der Waals surface area contributed by atoms with Crippen LogP contribution in [0.3, 0.4) is 0 Å². The van der Waals surface area contributed by atoms with Gasteiger partial charge in [-0.05, 0) is 61.5 Å². The van der Waals surface area contributed by atoms with Crippen LogP contribution in [0.25, 0.3) is 0 Å². The van der Waals surface area contributed by atoms with Crippen LogP contribution in [0.4, 0.5) is 34.6 Å². The average Bonchev–Trinajstić information content (AvgIpc) is 3.07. The number of ketones is 1. The molecular weight excluding hydrogens is 588 g/mol. The maximum atomic E-state index is 11.4. The summed E-state index contributed by atoms with van der Waals surface area (Å²) in [5, 5.41) is 9.58. The van der Waals surface area contributed by atoms with Gasteiger partial charge in [0.15, 0.2) is 5.78 Å². The number of carbonyl (C=O) groups is 2. The Morgan fingerprint density at radius 1 is 0.556 bits per heavy atom. The smallest absolute Gasteiger partial charge is 0.338 e. The van der Waals surface area contributed by atoms with Gasteiger partial charge in [-0.3, -0.25) is 14.6 Å². The lowest BCUT2D eigenvalue weighted by Crippen LogP contribution is -2.13. The molecular formula is C35H27ClN6O3. The third-order valence-electron chi connectivity index (χ3n) is 6.44. The molecule has 0 saturated heterocycles. The van der Waals surface area contributed by atoms with E-state index in [-0.39, 0.29) is 11.3 Å². The zero-order valence-electron chi connectivity index (χ0n) is 24.1. The molecule has 6 aromatic rings. The Labute approximate surface area is 265 Å². The summed E-state index contributed by atoms with van der Waals surface area (Å²) >= 11 is 6.12. The molecule has 10 heteroatoms. The summed E-state index contributed by atoms with van der Waals surface area (Å²) in [7, 11) is 0. The van der Waals surface area contributed by atoms with Gasteiger partial charge in [-0.1, -0.05) is 72.3 Å². The molecule has 45 heavy (non-hydrogen) atoms. The van der Waals surface area contributed by atoms with Gasteiger partial charge in [0.25, 0.3) is 0 Å². The molecule has 0 aliphatic heterocycles. The minimum Gasteiger partial charge on any atom is -0.478 e. The summed E-state index contributed by atoms with van der Waals surface area (Å²) in [5.74, 6) is -0.214. The van der Waals surface area contributed by atoms with Crippen LogP contribution in [-0.2, 0) is 0 Å². The van der Waals surface area contributed by atoms with E-state index < -0.39 is 5.97 Å². The van der Waals surface area contributed by atoms with Crippen LogP contribution in [0, 0.1) is 0 Å². The Morgan fingerprint density at radius 3 is 1.31 bits per heavy atom. The van der Waals surface area contributed by atoms with Crippen molar-refractivity contribution in [1.29, 1.82) is 0 Å². The number of carboxylic acids is 1. The van der Waals surface area contributed by atoms with Crippen molar-refractivity contribution in [1.82, 2.24) is 19.9 Å². The minimum absolute atomic E-state index is 0.0600. The molecule has 2 heterocycles. The third-order valence-corrected chi connectivity index (χ3v) is 6.67. The van der Waals surface area contributed by atoms with E-state index in [0.717, 1.165) is 22.7 Å². The number of Topliss-reactive ketones (excluding diaryl/α,β-unsaturated/α-hetero) is 1. The number of anilines is 6. The average molecular weight is 615 g/mol. The van der Waals surface area contributed by atoms with Gasteiger partial charge in [0, 0.05) is 46.9 Å². The highest BCUT2D eigenvalue weighted by Gasteiger charge is 2.17. The summed E-state index contributed by atoms with van der Waals surface area (Å²) in [6, 6.07) is 36.6. The fourth-order valence-corrected chi connectivity index (χ4v) is 4.46. The molecule has 9 nitrogen and oxygen atoms in total. The van der Waals surface area contributed by atoms with Crippen molar-refractivity contribution in [2.75, 3.05) is 9.80 Å². The molecule has 0 amide bonds. The second kappa shape index (κ2) is 14.5. The largest absolute Gasteiger partial charge is 0.478 e. The number of carboxylic acid groups (broad SMARTS) is 1. The lowest BCUT2D eigenvalue weighted by molar-refractivity contribution is 0.0695. The monoisotopic (exact) mass is 614 g/mol. The molecule has 6 rings (SSSR count). The fourth-order valence-electron chi connectivity index (χ4n) is 4.27. The molecule has 0 saturated carbocycles. The number of rotatable bonds is 8. The van der Waals surface area contributed by atoms with E-state index in [9.17, 15) is 9.59 Å². The summed E-state index contributed by atoms with van der Waals surface area (Å²) < 4.78 is 0. The molecule has 0 aliphatic rings. The van der Waals surface area contributed by atoms with Crippen molar-refractivity contribution >= 4 is 58.0 Å². The van der Waals surface area contributed by atoms with Crippen LogP contribution in [0.15, 0.2) is 140 Å². The number of para-hydroxylation sites is 3. The standard InChI is InChI=1S/C18H14ClN3O.C17H13N3O2/c1-13(23)14-11-20-18(21-12-14)22(16-7-3-2-4-8-16)17-9-5-6-15(19)10-17;21-16(22)13-11-18-17(19-12-13)20(14-7-3-1-4-8-14)15-9-5-2-6-10-15/h2-12H,1H3;1-12H,(H,21,22). The van der Waals surface area contributed by atoms with E-state index >= 15 is 0 Å². The first-order chi connectivity index (χ1) is 21.9. The summed E-state index contributed by atoms with van der Waals surface area (Å²) in [6.07, 6.45) is 5.68. The van der Waals surface area contributed by atoms with Crippen molar-refractivity contribution in [3.8, 4) is 0 Å². The molecule has 0 fully saturated rings. The van der Waals surface area contributed by atoms with Crippen molar-refractivity contribution in [3.05, 3.63) is 156 Å². The van der Waals surface area contributed by atoms with E-state index in [0.29, 0.717) is 22.5 Å². The minimum atomic E-state index is -1.04. The molecule has 1 N–H and O–H groups in total. The van der Waals surface area contributed by atoms with Crippen LogP contribution in [0.1, 0.15) is 27.6 Å². The number of benzene rings is 4. The highest BCUT2D eigenvalue weighted by molar-refractivity contribution is 6.30. The molecule has 0 bridgehead atoms. The maximum absolute atomic E-state index is 11.4. The Morgan fingerprint density at radius 2 is 0.933 bits per heavy atom. The van der Waals surface area contributed by atoms with Crippen LogP contribution in [0.5, 0.6) is 0 Å². The SMILES string of the molecule is CC(=O)c1cnc(N(c2ccccc2)c2cccc(Cl)c2)nc1.O=C(O)c1cnc(N(c2ccccc2)c2ccccc2)nc1. The number of hydrogen-bond donors (Lipinski definition) is 1. The van der Waals surface area contributed by atoms with Gasteiger partial charge in [-0.2, -0.15) is 0 Å². The number of hydrogen-bond acceptors (Lipinski definition) is 8. The number of aromatic carboxylic acids is 1. The molecule has 0 unspecified atom stereocenters. The second-order valence-corrected chi connectivity index (χ2v) is 10.00. The fraction of sp³-hybridized carbons (Fsp3) is 0.0286. The van der Waals surface area contributed by atoms with Gasteiger partial charge < -0.3 is 5.11 Å². The van der Waals surface area contributed by atoms with Gasteiger partial charge in [0.05, 0.1) is 16.8 Å². The Bertz CT molecular complexity index is 1820. The zero-order chi connectivity index (χ0) is 31.6. The Hall–Kier alpha value is -5.93. The van der Waals surface area contributed by atoms with Crippen molar-refractivity contribution in [2.24, 2.45) is 0 Å². The quantitative estimate of drug-likeness (QED) is 0.169. The first kappa shape index (κ1) is 30.5. The first-order valence-electron chi connectivity index (χ1n) is 13.8. The normalized spacial score (nSPS) is 10.3. The van der Waals surface area contributed by atoms with E-state index in [1.807, 2.05) is 125 Å². The van der Waals surface area contributed by atoms with Crippen molar-refractivity contribution in [3.63, 3.8) is 0 Å². The van der Waals surface area contributed by atoms with Crippen LogP contribution >= 0.6 is 11.6 Å². The highest BCUT2D eigenvalue weighted by atomic mass is 35.5. The molecule has 0 aliphatic carbocycles. The molecule has 4 aromatic carbocycles. The van der Waals surface area contributed by atoms with Crippen LogP contribution in [-0.4, -0.2) is 36.8 Å². The topological polar surface area (TPSA) is 112 Å². The predicted molar refractivity (Wildman–Crippen MR) is 175 cm³/mol. The summed E-state index contributed by atoms with van der Waals surface area (Å²) in [4.78, 5) is 43.1. The van der Waals surface area contributed by atoms with E-state index in [2.05, 4.69) is 19.9 Å². The molecule has 0 radical (unpaired) electrons. The molecule has 222 valence electrons. The number of aromatic nitrogens is 4. The van der Waals surface area contributed by atoms with Gasteiger partial charge in [-0.15, -0.1) is 0 Å². The van der Waals surface area contributed by atoms with Crippen LogP contribution in [0.2, 0.25) is 5.02 Å². The van der Waals surface area contributed by atoms with E-state index in [1.165, 1.54) is 31.7 Å². The lowest BCUT2D eigenvalue weighted by atomic mass is 10.2. The predicted octanol–water partition coefficient (Wildman–Crippen LogP) is 8.45. The summed E-state index contributed by atoms with van der Waals surface area (Å²) in [5.41, 5.74) is 4.09. The Balaban J connectivity index is 0.000000178. The van der Waals surface area contributed by atoms with Gasteiger partial charge in [0.2, 0.25) is 11.9 Å². The summed E-state index contributed by atoms with van der Waals surface area (Å²) in [6.45, 7) is 1.49. The van der Waals surface area contributed by atoms with Gasteiger partial charge in [-0.25, -0.2) is 24.7 Å². The molecule has 0 atom stereocenters.